The van der Waals surface area contributed by atoms with Gasteiger partial charge in [0.2, 0.25) is 0 Å². The first-order chi connectivity index (χ1) is 8.72. The number of hydrogen-bond acceptors (Lipinski definition) is 3. The third-order valence-corrected chi connectivity index (χ3v) is 3.69. The maximum Gasteiger partial charge on any atom is 0.128 e. The van der Waals surface area contributed by atoms with E-state index in [2.05, 4.69) is 32.2 Å². The number of hydrogen-bond donors (Lipinski definition) is 1. The topological polar surface area (TPSA) is 39.1 Å². The molecular weight excluding hydrogens is 297 g/mol. The second-order valence-corrected chi connectivity index (χ2v) is 5.25. The highest BCUT2D eigenvalue weighted by molar-refractivity contribution is 9.10. The van der Waals surface area contributed by atoms with E-state index in [0.29, 0.717) is 12.0 Å². The van der Waals surface area contributed by atoms with Gasteiger partial charge in [0.1, 0.15) is 5.82 Å². The third-order valence-electron chi connectivity index (χ3n) is 3.19. The molecule has 96 valence electrons. The molecule has 0 bridgehead atoms. The van der Waals surface area contributed by atoms with E-state index in [1.54, 1.807) is 12.1 Å². The van der Waals surface area contributed by atoms with Gasteiger partial charge in [0.05, 0.1) is 18.5 Å². The second-order valence-electron chi connectivity index (χ2n) is 4.33. The Kier molecular flexibility index (Phi) is 4.70. The molecule has 2 rings (SSSR count). The zero-order valence-corrected chi connectivity index (χ0v) is 11.6. The number of rotatable bonds is 3. The first-order valence-electron chi connectivity index (χ1n) is 5.99. The molecule has 5 heteroatoms. The number of nitriles is 1. The predicted octanol–water partition coefficient (Wildman–Crippen LogP) is 2.45. The molecule has 18 heavy (non-hydrogen) atoms. The quantitative estimate of drug-likeness (QED) is 0.932. The summed E-state index contributed by atoms with van der Waals surface area (Å²) in [5.74, 6) is -0.239. The number of nitrogens with zero attached hydrogens (tertiary/aromatic N) is 2. The van der Waals surface area contributed by atoms with Crippen LogP contribution < -0.4 is 5.32 Å². The van der Waals surface area contributed by atoms with E-state index in [1.807, 2.05) is 0 Å². The van der Waals surface area contributed by atoms with Crippen LogP contribution in [0, 0.1) is 17.1 Å². The van der Waals surface area contributed by atoms with Crippen molar-refractivity contribution < 1.29 is 4.39 Å². The Labute approximate surface area is 115 Å². The fourth-order valence-corrected chi connectivity index (χ4v) is 2.66. The molecule has 0 aliphatic carbocycles. The van der Waals surface area contributed by atoms with Crippen LogP contribution >= 0.6 is 15.9 Å². The highest BCUT2D eigenvalue weighted by Gasteiger charge is 2.24. The number of halogens is 2. The molecule has 1 atom stereocenters. The van der Waals surface area contributed by atoms with E-state index >= 15 is 0 Å². The molecule has 0 saturated carbocycles. The Morgan fingerprint density at radius 1 is 1.44 bits per heavy atom. The molecule has 0 amide bonds. The van der Waals surface area contributed by atoms with Crippen LogP contribution in [0.3, 0.4) is 0 Å². The highest BCUT2D eigenvalue weighted by atomic mass is 79.9. The summed E-state index contributed by atoms with van der Waals surface area (Å²) in [7, 11) is 0. The van der Waals surface area contributed by atoms with Crippen molar-refractivity contribution in [3.05, 3.63) is 34.1 Å². The van der Waals surface area contributed by atoms with Crippen LogP contribution in [0.4, 0.5) is 4.39 Å². The molecule has 0 unspecified atom stereocenters. The summed E-state index contributed by atoms with van der Waals surface area (Å²) in [6.07, 6.45) is 0.313. The highest BCUT2D eigenvalue weighted by Crippen LogP contribution is 2.29. The van der Waals surface area contributed by atoms with Crippen molar-refractivity contribution in [3.63, 3.8) is 0 Å². The smallest absolute Gasteiger partial charge is 0.128 e. The number of nitrogens with one attached hydrogen (secondary N) is 1. The summed E-state index contributed by atoms with van der Waals surface area (Å²) in [5.41, 5.74) is 0.604. The molecule has 3 nitrogen and oxygen atoms in total. The molecule has 0 spiro atoms. The maximum absolute atomic E-state index is 13.9. The normalized spacial score (nSPS) is 18.3. The summed E-state index contributed by atoms with van der Waals surface area (Å²) in [6, 6.07) is 6.92. The third kappa shape index (κ3) is 3.08. The van der Waals surface area contributed by atoms with Crippen molar-refractivity contribution in [1.29, 1.82) is 5.26 Å². The van der Waals surface area contributed by atoms with Crippen molar-refractivity contribution in [3.8, 4) is 6.07 Å². The predicted molar refractivity (Wildman–Crippen MR) is 71.5 cm³/mol. The Bertz CT molecular complexity index is 452. The largest absolute Gasteiger partial charge is 0.314 e. The van der Waals surface area contributed by atoms with Crippen LogP contribution in [0.5, 0.6) is 0 Å². The summed E-state index contributed by atoms with van der Waals surface area (Å²) in [6.45, 7) is 3.46. The van der Waals surface area contributed by atoms with Crippen LogP contribution in [0.25, 0.3) is 0 Å². The van der Waals surface area contributed by atoms with Crippen molar-refractivity contribution in [2.45, 2.75) is 12.5 Å². The Morgan fingerprint density at radius 3 is 2.83 bits per heavy atom. The minimum absolute atomic E-state index is 0.158. The zero-order valence-electron chi connectivity index (χ0n) is 10.00. The van der Waals surface area contributed by atoms with Crippen LogP contribution in [-0.2, 0) is 0 Å². The van der Waals surface area contributed by atoms with Gasteiger partial charge in [-0.3, -0.25) is 4.90 Å². The van der Waals surface area contributed by atoms with Gasteiger partial charge >= 0.3 is 0 Å². The van der Waals surface area contributed by atoms with Gasteiger partial charge in [-0.15, -0.1) is 0 Å². The van der Waals surface area contributed by atoms with Gasteiger partial charge in [-0.1, -0.05) is 15.9 Å². The van der Waals surface area contributed by atoms with Crippen LogP contribution in [0.1, 0.15) is 18.0 Å². The van der Waals surface area contributed by atoms with Gasteiger partial charge in [-0.2, -0.15) is 5.26 Å². The van der Waals surface area contributed by atoms with E-state index in [9.17, 15) is 4.39 Å². The van der Waals surface area contributed by atoms with Crippen LogP contribution in [0.2, 0.25) is 0 Å². The van der Waals surface area contributed by atoms with E-state index in [0.717, 1.165) is 30.7 Å². The Balaban J connectivity index is 2.28. The van der Waals surface area contributed by atoms with Gasteiger partial charge in [0.25, 0.3) is 0 Å². The molecule has 0 aromatic heterocycles. The van der Waals surface area contributed by atoms with Crippen LogP contribution in [0.15, 0.2) is 22.7 Å². The summed E-state index contributed by atoms with van der Waals surface area (Å²) in [5, 5.41) is 12.2. The van der Waals surface area contributed by atoms with Gasteiger partial charge in [0, 0.05) is 36.2 Å². The fourth-order valence-electron chi connectivity index (χ4n) is 2.29. The van der Waals surface area contributed by atoms with Crippen molar-refractivity contribution in [2.24, 2.45) is 0 Å². The lowest BCUT2D eigenvalue weighted by molar-refractivity contribution is 0.172. The molecule has 1 N–H and O–H groups in total. The number of benzene rings is 1. The average molecular weight is 312 g/mol. The molecule has 1 saturated heterocycles. The second kappa shape index (κ2) is 6.28. The minimum Gasteiger partial charge on any atom is -0.314 e. The lowest BCUT2D eigenvalue weighted by Gasteiger charge is -2.34. The SMILES string of the molecule is N#CC[C@H](c1cc(Br)ccc1F)N1CCNCC1. The molecule has 1 heterocycles. The monoisotopic (exact) mass is 311 g/mol. The zero-order chi connectivity index (χ0) is 13.0. The molecule has 0 radical (unpaired) electrons. The van der Waals surface area contributed by atoms with Crippen LogP contribution in [-0.4, -0.2) is 31.1 Å². The molecule has 1 aromatic carbocycles. The van der Waals surface area contributed by atoms with E-state index in [1.165, 1.54) is 6.07 Å². The lowest BCUT2D eigenvalue weighted by atomic mass is 10.0. The maximum atomic E-state index is 13.9. The van der Waals surface area contributed by atoms with E-state index < -0.39 is 0 Å². The van der Waals surface area contributed by atoms with Gasteiger partial charge in [-0.05, 0) is 18.2 Å². The average Bonchev–Trinajstić information content (AvgIpc) is 2.40. The van der Waals surface area contributed by atoms with Gasteiger partial charge in [-0.25, -0.2) is 4.39 Å². The standard InChI is InChI=1S/C13H15BrFN3/c14-10-1-2-12(15)11(9-10)13(3-4-16)18-7-5-17-6-8-18/h1-2,9,13,17H,3,5-8H2/t13-/m1/s1. The Morgan fingerprint density at radius 2 is 2.17 bits per heavy atom. The lowest BCUT2D eigenvalue weighted by Crippen LogP contribution is -2.45. The van der Waals surface area contributed by atoms with Gasteiger partial charge < -0.3 is 5.32 Å². The van der Waals surface area contributed by atoms with Crippen molar-refractivity contribution in [2.75, 3.05) is 26.2 Å². The van der Waals surface area contributed by atoms with E-state index in [4.69, 9.17) is 5.26 Å². The van der Waals surface area contributed by atoms with Crippen molar-refractivity contribution in [1.82, 2.24) is 10.2 Å². The molecule has 1 aliphatic heterocycles. The number of piperazine rings is 1. The first kappa shape index (κ1) is 13.5. The summed E-state index contributed by atoms with van der Waals surface area (Å²) >= 11 is 3.36. The van der Waals surface area contributed by atoms with Crippen molar-refractivity contribution >= 4 is 15.9 Å². The first-order valence-corrected chi connectivity index (χ1v) is 6.78. The van der Waals surface area contributed by atoms with Gasteiger partial charge in [0.15, 0.2) is 0 Å². The van der Waals surface area contributed by atoms with E-state index in [-0.39, 0.29) is 11.9 Å². The fraction of sp³-hybridized carbons (Fsp3) is 0.462. The molecule has 1 aromatic rings. The summed E-state index contributed by atoms with van der Waals surface area (Å²) in [4.78, 5) is 2.17. The Hall–Kier alpha value is -0.960. The molecule has 1 aliphatic rings. The molecule has 1 fully saturated rings. The molecular formula is C13H15BrFN3. The minimum atomic E-state index is -0.239. The summed E-state index contributed by atoms with van der Waals surface area (Å²) < 4.78 is 14.8.